The molecule has 0 saturated heterocycles. The molecule has 0 aliphatic heterocycles. The molecule has 1 rings (SSSR count). The Labute approximate surface area is 75.0 Å². The van der Waals surface area contributed by atoms with Gasteiger partial charge in [-0.1, -0.05) is 6.07 Å². The fourth-order valence-corrected chi connectivity index (χ4v) is 1.54. The summed E-state index contributed by atoms with van der Waals surface area (Å²) in [6.07, 6.45) is 0.837. The van der Waals surface area contributed by atoms with Gasteiger partial charge in [0.15, 0.2) is 0 Å². The number of hydrogen-bond acceptors (Lipinski definition) is 3. The maximum atomic E-state index is 10.6. The maximum Gasteiger partial charge on any atom is 0.245 e. The van der Waals surface area contributed by atoms with Gasteiger partial charge in [-0.2, -0.15) is 0 Å². The van der Waals surface area contributed by atoms with Gasteiger partial charge in [0, 0.05) is 11.4 Å². The van der Waals surface area contributed by atoms with Gasteiger partial charge in [0.2, 0.25) is 5.91 Å². The third kappa shape index (κ3) is 3.02. The molecule has 4 heteroatoms. The molecule has 0 atom stereocenters. The van der Waals surface area contributed by atoms with Crippen LogP contribution in [0.3, 0.4) is 0 Å². The Morgan fingerprint density at radius 2 is 2.50 bits per heavy atom. The summed E-state index contributed by atoms with van der Waals surface area (Å²) in [7, 11) is 0. The SMILES string of the molecule is O=C(CO)NCCc1cccs1. The van der Waals surface area contributed by atoms with Crippen molar-refractivity contribution in [3.63, 3.8) is 0 Å². The quantitative estimate of drug-likeness (QED) is 0.713. The molecule has 12 heavy (non-hydrogen) atoms. The summed E-state index contributed by atoms with van der Waals surface area (Å²) >= 11 is 1.67. The number of thiophene rings is 1. The minimum atomic E-state index is -0.426. The highest BCUT2D eigenvalue weighted by atomic mass is 32.1. The fourth-order valence-electron chi connectivity index (χ4n) is 0.836. The summed E-state index contributed by atoms with van der Waals surface area (Å²) in [5.41, 5.74) is 0. The van der Waals surface area contributed by atoms with Crippen molar-refractivity contribution in [3.05, 3.63) is 22.4 Å². The van der Waals surface area contributed by atoms with Crippen LogP contribution in [0, 0.1) is 0 Å². The molecule has 1 amide bonds. The highest BCUT2D eigenvalue weighted by Crippen LogP contribution is 2.07. The van der Waals surface area contributed by atoms with Gasteiger partial charge in [0.25, 0.3) is 0 Å². The van der Waals surface area contributed by atoms with Crippen molar-refractivity contribution in [2.75, 3.05) is 13.2 Å². The van der Waals surface area contributed by atoms with Crippen molar-refractivity contribution >= 4 is 17.2 Å². The Kier molecular flexibility index (Phi) is 3.76. The normalized spacial score (nSPS) is 9.75. The van der Waals surface area contributed by atoms with Crippen molar-refractivity contribution in [1.82, 2.24) is 5.32 Å². The van der Waals surface area contributed by atoms with Crippen LogP contribution in [0.1, 0.15) is 4.88 Å². The number of hydrogen-bond donors (Lipinski definition) is 2. The van der Waals surface area contributed by atoms with E-state index in [-0.39, 0.29) is 5.91 Å². The van der Waals surface area contributed by atoms with Crippen LogP contribution in [-0.2, 0) is 11.2 Å². The van der Waals surface area contributed by atoms with Crippen LogP contribution >= 0.6 is 11.3 Å². The monoisotopic (exact) mass is 185 g/mol. The number of aliphatic hydroxyl groups excluding tert-OH is 1. The molecule has 0 fully saturated rings. The third-order valence-electron chi connectivity index (χ3n) is 1.42. The molecule has 0 unspecified atom stereocenters. The first-order valence-corrected chi connectivity index (χ1v) is 4.61. The van der Waals surface area contributed by atoms with Crippen LogP contribution in [0.4, 0.5) is 0 Å². The number of nitrogens with one attached hydrogen (secondary N) is 1. The van der Waals surface area contributed by atoms with Crippen LogP contribution in [0.15, 0.2) is 17.5 Å². The molecule has 0 aliphatic carbocycles. The second-order valence-corrected chi connectivity index (χ2v) is 3.37. The van der Waals surface area contributed by atoms with Gasteiger partial charge in [-0.05, 0) is 17.9 Å². The smallest absolute Gasteiger partial charge is 0.245 e. The highest BCUT2D eigenvalue weighted by Gasteiger charge is 1.97. The van der Waals surface area contributed by atoms with E-state index in [2.05, 4.69) is 5.32 Å². The van der Waals surface area contributed by atoms with Gasteiger partial charge < -0.3 is 10.4 Å². The van der Waals surface area contributed by atoms with Crippen molar-refractivity contribution in [2.24, 2.45) is 0 Å². The average molecular weight is 185 g/mol. The summed E-state index contributed by atoms with van der Waals surface area (Å²) in [4.78, 5) is 11.8. The molecule has 0 radical (unpaired) electrons. The largest absolute Gasteiger partial charge is 0.387 e. The van der Waals surface area contributed by atoms with Crippen molar-refractivity contribution in [1.29, 1.82) is 0 Å². The van der Waals surface area contributed by atoms with E-state index in [0.29, 0.717) is 6.54 Å². The lowest BCUT2D eigenvalue weighted by molar-refractivity contribution is -0.123. The molecule has 0 spiro atoms. The zero-order valence-corrected chi connectivity index (χ0v) is 7.43. The van der Waals surface area contributed by atoms with Crippen molar-refractivity contribution in [3.8, 4) is 0 Å². The minimum Gasteiger partial charge on any atom is -0.387 e. The zero-order chi connectivity index (χ0) is 8.81. The molecular formula is C8H11NO2S. The molecule has 2 N–H and O–H groups in total. The number of amides is 1. The van der Waals surface area contributed by atoms with Gasteiger partial charge in [-0.3, -0.25) is 4.79 Å². The van der Waals surface area contributed by atoms with E-state index < -0.39 is 6.61 Å². The minimum absolute atomic E-state index is 0.313. The molecule has 0 aromatic carbocycles. The molecule has 0 saturated carbocycles. The Morgan fingerprint density at radius 1 is 1.67 bits per heavy atom. The average Bonchev–Trinajstić information content (AvgIpc) is 2.57. The molecule has 0 aliphatic rings. The summed E-state index contributed by atoms with van der Waals surface area (Å²) in [6.45, 7) is 0.171. The molecule has 3 nitrogen and oxygen atoms in total. The molecule has 66 valence electrons. The number of rotatable bonds is 4. The molecule has 1 aromatic rings. The van der Waals surface area contributed by atoms with E-state index in [0.717, 1.165) is 6.42 Å². The molecule has 0 bridgehead atoms. The van der Waals surface area contributed by atoms with Gasteiger partial charge in [-0.15, -0.1) is 11.3 Å². The summed E-state index contributed by atoms with van der Waals surface area (Å²) in [6, 6.07) is 4.00. The Morgan fingerprint density at radius 3 is 3.08 bits per heavy atom. The molecule has 1 heterocycles. The Balaban J connectivity index is 2.15. The first-order valence-electron chi connectivity index (χ1n) is 3.73. The topological polar surface area (TPSA) is 49.3 Å². The predicted octanol–water partition coefficient (Wildman–Crippen LogP) is 0.399. The Bertz CT molecular complexity index is 233. The van der Waals surface area contributed by atoms with Gasteiger partial charge in [0.1, 0.15) is 6.61 Å². The summed E-state index contributed by atoms with van der Waals surface area (Å²) < 4.78 is 0. The van der Waals surface area contributed by atoms with Crippen LogP contribution in [0.25, 0.3) is 0 Å². The van der Waals surface area contributed by atoms with Crippen LogP contribution in [-0.4, -0.2) is 24.2 Å². The van der Waals surface area contributed by atoms with Gasteiger partial charge in [0.05, 0.1) is 0 Å². The van der Waals surface area contributed by atoms with Crippen LogP contribution < -0.4 is 5.32 Å². The van der Waals surface area contributed by atoms with E-state index in [9.17, 15) is 4.79 Å². The second-order valence-electron chi connectivity index (χ2n) is 2.34. The van der Waals surface area contributed by atoms with Crippen molar-refractivity contribution in [2.45, 2.75) is 6.42 Å². The van der Waals surface area contributed by atoms with E-state index in [1.807, 2.05) is 17.5 Å². The summed E-state index contributed by atoms with van der Waals surface area (Å²) in [5.74, 6) is -0.313. The standard InChI is InChI=1S/C8H11NO2S/c10-6-8(11)9-4-3-7-2-1-5-12-7/h1-2,5,10H,3-4,6H2,(H,9,11). The lowest BCUT2D eigenvalue weighted by Gasteiger charge is -2.00. The lowest BCUT2D eigenvalue weighted by atomic mass is 10.3. The van der Waals surface area contributed by atoms with Crippen LogP contribution in [0.5, 0.6) is 0 Å². The predicted molar refractivity (Wildman–Crippen MR) is 48.1 cm³/mol. The van der Waals surface area contributed by atoms with Crippen LogP contribution in [0.2, 0.25) is 0 Å². The first-order chi connectivity index (χ1) is 5.83. The highest BCUT2D eigenvalue weighted by molar-refractivity contribution is 7.09. The molecule has 1 aromatic heterocycles. The second kappa shape index (κ2) is 4.90. The zero-order valence-electron chi connectivity index (χ0n) is 6.62. The van der Waals surface area contributed by atoms with E-state index >= 15 is 0 Å². The third-order valence-corrected chi connectivity index (χ3v) is 2.35. The number of carbonyl (C=O) groups excluding carboxylic acids is 1. The summed E-state index contributed by atoms with van der Waals surface area (Å²) in [5, 5.41) is 13.0. The maximum absolute atomic E-state index is 10.6. The number of aliphatic hydroxyl groups is 1. The van der Waals surface area contributed by atoms with Gasteiger partial charge in [-0.25, -0.2) is 0 Å². The number of carbonyl (C=O) groups is 1. The van der Waals surface area contributed by atoms with E-state index in [1.165, 1.54) is 4.88 Å². The lowest BCUT2D eigenvalue weighted by Crippen LogP contribution is -2.27. The molecular weight excluding hydrogens is 174 g/mol. The first kappa shape index (κ1) is 9.22. The fraction of sp³-hybridized carbons (Fsp3) is 0.375. The van der Waals surface area contributed by atoms with E-state index in [1.54, 1.807) is 11.3 Å². The Hall–Kier alpha value is -0.870. The van der Waals surface area contributed by atoms with Gasteiger partial charge >= 0.3 is 0 Å². The van der Waals surface area contributed by atoms with E-state index in [4.69, 9.17) is 5.11 Å². The van der Waals surface area contributed by atoms with Crippen molar-refractivity contribution < 1.29 is 9.90 Å².